The molecule has 0 N–H and O–H groups in total. The minimum Gasteiger partial charge on any atom is -0.294 e. The highest BCUT2D eigenvalue weighted by Gasteiger charge is 2.43. The number of rotatable bonds is 2. The zero-order valence-corrected chi connectivity index (χ0v) is 11.0. The molecular formula is C15H15NOS. The van der Waals surface area contributed by atoms with E-state index in [1.807, 2.05) is 17.5 Å². The Bertz CT molecular complexity index is 618. The van der Waals surface area contributed by atoms with Gasteiger partial charge in [0.2, 0.25) is 0 Å². The van der Waals surface area contributed by atoms with Gasteiger partial charge in [-0.2, -0.15) is 0 Å². The number of aromatic nitrogens is 1. The lowest BCUT2D eigenvalue weighted by Crippen LogP contribution is -2.21. The molecule has 2 bridgehead atoms. The van der Waals surface area contributed by atoms with Crippen LogP contribution in [0.3, 0.4) is 0 Å². The second kappa shape index (κ2) is 3.89. The third-order valence-corrected chi connectivity index (χ3v) is 5.52. The summed E-state index contributed by atoms with van der Waals surface area (Å²) < 4.78 is 1.13. The molecule has 3 atom stereocenters. The van der Waals surface area contributed by atoms with Crippen LogP contribution < -0.4 is 0 Å². The Labute approximate surface area is 110 Å². The van der Waals surface area contributed by atoms with E-state index in [-0.39, 0.29) is 5.92 Å². The minimum absolute atomic E-state index is 0.281. The highest BCUT2D eigenvalue weighted by atomic mass is 32.1. The van der Waals surface area contributed by atoms with Crippen LogP contribution in [0.1, 0.15) is 36.0 Å². The van der Waals surface area contributed by atoms with E-state index in [9.17, 15) is 4.79 Å². The molecule has 2 aromatic heterocycles. The van der Waals surface area contributed by atoms with Gasteiger partial charge >= 0.3 is 0 Å². The fourth-order valence-electron chi connectivity index (χ4n) is 3.76. The number of carbonyl (C=O) groups excluding carboxylic acids is 1. The van der Waals surface area contributed by atoms with E-state index in [0.29, 0.717) is 11.7 Å². The van der Waals surface area contributed by atoms with E-state index < -0.39 is 0 Å². The zero-order valence-electron chi connectivity index (χ0n) is 10.1. The molecule has 0 saturated heterocycles. The molecule has 0 spiro atoms. The second-order valence-electron chi connectivity index (χ2n) is 5.67. The number of pyridine rings is 1. The quantitative estimate of drug-likeness (QED) is 0.763. The first kappa shape index (κ1) is 10.7. The largest absolute Gasteiger partial charge is 0.294 e. The van der Waals surface area contributed by atoms with Gasteiger partial charge in [0.25, 0.3) is 0 Å². The average Bonchev–Trinajstić information content (AvgIpc) is 3.12. The molecule has 3 heteroatoms. The van der Waals surface area contributed by atoms with Crippen molar-refractivity contribution < 1.29 is 4.79 Å². The predicted molar refractivity (Wildman–Crippen MR) is 72.9 cm³/mol. The lowest BCUT2D eigenvalue weighted by Gasteiger charge is -2.20. The van der Waals surface area contributed by atoms with Gasteiger partial charge in [0.05, 0.1) is 10.2 Å². The first-order valence-corrected chi connectivity index (χ1v) is 7.56. The van der Waals surface area contributed by atoms with Gasteiger partial charge in [0.1, 0.15) is 0 Å². The summed E-state index contributed by atoms with van der Waals surface area (Å²) in [6.07, 6.45) is 6.77. The molecule has 92 valence electrons. The molecule has 0 aromatic carbocycles. The van der Waals surface area contributed by atoms with Gasteiger partial charge in [0.15, 0.2) is 5.78 Å². The predicted octanol–water partition coefficient (Wildman–Crippen LogP) is 3.92. The summed E-state index contributed by atoms with van der Waals surface area (Å²) >= 11 is 1.66. The molecule has 2 saturated carbocycles. The van der Waals surface area contributed by atoms with Gasteiger partial charge in [-0.25, -0.2) is 0 Å². The first-order valence-electron chi connectivity index (χ1n) is 6.69. The number of hydrogen-bond donors (Lipinski definition) is 0. The Balaban J connectivity index is 1.67. The number of carbonyl (C=O) groups is 1. The molecule has 4 rings (SSSR count). The normalized spacial score (nSPS) is 30.1. The molecule has 0 amide bonds. The van der Waals surface area contributed by atoms with Gasteiger partial charge in [-0.15, -0.1) is 11.3 Å². The maximum Gasteiger partial charge on any atom is 0.167 e. The summed E-state index contributed by atoms with van der Waals surface area (Å²) in [5.74, 6) is 2.09. The molecular weight excluding hydrogens is 242 g/mol. The third-order valence-electron chi connectivity index (χ3n) is 4.66. The molecule has 2 heterocycles. The van der Waals surface area contributed by atoms with Crippen molar-refractivity contribution in [2.75, 3.05) is 0 Å². The molecule has 3 unspecified atom stereocenters. The number of hydrogen-bond acceptors (Lipinski definition) is 3. The highest BCUT2D eigenvalue weighted by Crippen LogP contribution is 2.49. The molecule has 2 fully saturated rings. The van der Waals surface area contributed by atoms with Gasteiger partial charge in [-0.3, -0.25) is 9.78 Å². The van der Waals surface area contributed by atoms with Crippen LogP contribution in [0.15, 0.2) is 23.7 Å². The fraction of sp³-hybridized carbons (Fsp3) is 0.467. The molecule has 2 aliphatic carbocycles. The summed E-state index contributed by atoms with van der Waals surface area (Å²) in [5.41, 5.74) is 1.83. The van der Waals surface area contributed by atoms with Crippen molar-refractivity contribution in [2.24, 2.45) is 17.8 Å². The van der Waals surface area contributed by atoms with Crippen LogP contribution in [-0.4, -0.2) is 10.8 Å². The molecule has 0 aliphatic heterocycles. The van der Waals surface area contributed by atoms with Crippen LogP contribution in [0.2, 0.25) is 0 Å². The SMILES string of the molecule is O=C(c1cnc2ccsc2c1)C1CC2CCC1C2. The Morgan fingerprint density at radius 3 is 3.06 bits per heavy atom. The Morgan fingerprint density at radius 1 is 1.33 bits per heavy atom. The van der Waals surface area contributed by atoms with Crippen molar-refractivity contribution >= 4 is 27.3 Å². The van der Waals surface area contributed by atoms with Crippen molar-refractivity contribution in [1.29, 1.82) is 0 Å². The number of thiophene rings is 1. The average molecular weight is 257 g/mol. The Hall–Kier alpha value is -1.22. The molecule has 2 aromatic rings. The number of Topliss-reactive ketones (excluding diaryl/α,β-unsaturated/α-hetero) is 1. The van der Waals surface area contributed by atoms with Crippen molar-refractivity contribution in [3.63, 3.8) is 0 Å². The van der Waals surface area contributed by atoms with Crippen molar-refractivity contribution in [2.45, 2.75) is 25.7 Å². The fourth-order valence-corrected chi connectivity index (χ4v) is 4.54. The standard InChI is InChI=1S/C15H15NOS/c17-15(12-6-9-1-2-10(12)5-9)11-7-14-13(16-8-11)3-4-18-14/h3-4,7-10,12H,1-2,5-6H2. The zero-order chi connectivity index (χ0) is 12.1. The summed E-state index contributed by atoms with van der Waals surface area (Å²) in [7, 11) is 0. The van der Waals surface area contributed by atoms with E-state index in [0.717, 1.165) is 28.1 Å². The van der Waals surface area contributed by atoms with Gasteiger partial charge < -0.3 is 0 Å². The Morgan fingerprint density at radius 2 is 2.28 bits per heavy atom. The smallest absolute Gasteiger partial charge is 0.167 e. The van der Waals surface area contributed by atoms with Gasteiger partial charge in [-0.05, 0) is 48.6 Å². The van der Waals surface area contributed by atoms with Crippen molar-refractivity contribution in [3.05, 3.63) is 29.3 Å². The van der Waals surface area contributed by atoms with Crippen LogP contribution in [0.5, 0.6) is 0 Å². The topological polar surface area (TPSA) is 30.0 Å². The lowest BCUT2D eigenvalue weighted by atomic mass is 9.83. The van der Waals surface area contributed by atoms with E-state index in [4.69, 9.17) is 0 Å². The van der Waals surface area contributed by atoms with Crippen molar-refractivity contribution in [3.8, 4) is 0 Å². The number of ketones is 1. The summed E-state index contributed by atoms with van der Waals surface area (Å²) in [5, 5.41) is 2.03. The number of fused-ring (bicyclic) bond motifs is 3. The summed E-state index contributed by atoms with van der Waals surface area (Å²) in [6.45, 7) is 0. The monoisotopic (exact) mass is 257 g/mol. The van der Waals surface area contributed by atoms with E-state index in [1.165, 1.54) is 19.3 Å². The van der Waals surface area contributed by atoms with Crippen LogP contribution in [0.25, 0.3) is 10.2 Å². The molecule has 2 aliphatic rings. The van der Waals surface area contributed by atoms with E-state index in [1.54, 1.807) is 17.5 Å². The summed E-state index contributed by atoms with van der Waals surface area (Å²) in [4.78, 5) is 17.0. The lowest BCUT2D eigenvalue weighted by molar-refractivity contribution is 0.0874. The Kier molecular flexibility index (Phi) is 2.31. The molecule has 18 heavy (non-hydrogen) atoms. The maximum atomic E-state index is 12.6. The summed E-state index contributed by atoms with van der Waals surface area (Å²) in [6, 6.07) is 4.03. The first-order chi connectivity index (χ1) is 8.81. The van der Waals surface area contributed by atoms with Crippen LogP contribution in [0.4, 0.5) is 0 Å². The van der Waals surface area contributed by atoms with Crippen LogP contribution >= 0.6 is 11.3 Å². The van der Waals surface area contributed by atoms with Crippen LogP contribution in [0, 0.1) is 17.8 Å². The van der Waals surface area contributed by atoms with Crippen molar-refractivity contribution in [1.82, 2.24) is 4.98 Å². The second-order valence-corrected chi connectivity index (χ2v) is 6.62. The molecule has 2 nitrogen and oxygen atoms in total. The minimum atomic E-state index is 0.281. The van der Waals surface area contributed by atoms with Gasteiger partial charge in [-0.1, -0.05) is 6.42 Å². The van der Waals surface area contributed by atoms with Gasteiger partial charge in [0, 0.05) is 17.7 Å². The maximum absolute atomic E-state index is 12.6. The number of nitrogens with zero attached hydrogens (tertiary/aromatic N) is 1. The highest BCUT2D eigenvalue weighted by molar-refractivity contribution is 7.17. The van der Waals surface area contributed by atoms with E-state index in [2.05, 4.69) is 4.98 Å². The van der Waals surface area contributed by atoms with E-state index >= 15 is 0 Å². The van der Waals surface area contributed by atoms with Crippen LogP contribution in [-0.2, 0) is 0 Å². The molecule has 0 radical (unpaired) electrons. The third kappa shape index (κ3) is 1.53.